The Morgan fingerprint density at radius 3 is 2.70 bits per heavy atom. The molecule has 3 rings (SSSR count). The van der Waals surface area contributed by atoms with Gasteiger partial charge in [0.1, 0.15) is 17.1 Å². The van der Waals surface area contributed by atoms with Gasteiger partial charge in [-0.3, -0.25) is 0 Å². The summed E-state index contributed by atoms with van der Waals surface area (Å²) in [6, 6.07) is 13.3. The van der Waals surface area contributed by atoms with Crippen molar-refractivity contribution in [2.24, 2.45) is 0 Å². The van der Waals surface area contributed by atoms with Gasteiger partial charge in [0.05, 0.1) is 6.61 Å². The maximum Gasteiger partial charge on any atom is 0.336 e. The van der Waals surface area contributed by atoms with Gasteiger partial charge in [-0.15, -0.1) is 11.8 Å². The van der Waals surface area contributed by atoms with Gasteiger partial charge in [0.25, 0.3) is 0 Å². The largest absolute Gasteiger partial charge is 0.493 e. The first kappa shape index (κ1) is 15.6. The highest BCUT2D eigenvalue weighted by atomic mass is 32.2. The monoisotopic (exact) mass is 330 g/mol. The molecule has 0 radical (unpaired) electrons. The molecule has 5 heteroatoms. The van der Waals surface area contributed by atoms with Crippen molar-refractivity contribution in [1.82, 2.24) is 0 Å². The van der Waals surface area contributed by atoms with E-state index in [2.05, 4.69) is 0 Å². The van der Waals surface area contributed by atoms with Crippen LogP contribution in [0.2, 0.25) is 0 Å². The molecule has 0 aliphatic carbocycles. The van der Waals surface area contributed by atoms with Crippen molar-refractivity contribution in [3.8, 4) is 5.75 Å². The molecule has 0 atom stereocenters. The van der Waals surface area contributed by atoms with Crippen molar-refractivity contribution in [2.75, 3.05) is 12.4 Å². The van der Waals surface area contributed by atoms with Crippen LogP contribution in [0.1, 0.15) is 5.56 Å². The van der Waals surface area contributed by atoms with Crippen LogP contribution in [0.25, 0.3) is 11.0 Å². The quantitative estimate of drug-likeness (QED) is 0.395. The maximum absolute atomic E-state index is 12.8. The van der Waals surface area contributed by atoms with Gasteiger partial charge in [-0.05, 0) is 48.9 Å². The Kier molecular flexibility index (Phi) is 4.67. The Bertz CT molecular complexity index is 872. The zero-order chi connectivity index (χ0) is 16.2. The van der Waals surface area contributed by atoms with Crippen LogP contribution in [-0.4, -0.2) is 12.4 Å². The van der Waals surface area contributed by atoms with E-state index < -0.39 is 0 Å². The molecule has 0 unspecified atom stereocenters. The number of halogens is 1. The second kappa shape index (κ2) is 6.87. The third-order valence-corrected chi connectivity index (χ3v) is 4.33. The van der Waals surface area contributed by atoms with Crippen LogP contribution >= 0.6 is 11.8 Å². The molecule has 0 aliphatic rings. The molecule has 0 saturated heterocycles. The van der Waals surface area contributed by atoms with Crippen LogP contribution in [-0.2, 0) is 0 Å². The lowest BCUT2D eigenvalue weighted by atomic mass is 10.1. The standard InChI is InChI=1S/C18H15FO3S/c1-12-10-18(20)22-17-11-14(4-7-16(12)17)21-8-9-23-15-5-2-13(19)3-6-15/h2-7,10-11H,8-9H2,1H3. The second-order valence-electron chi connectivity index (χ2n) is 5.06. The Hall–Kier alpha value is -2.27. The number of aryl methyl sites for hydroxylation is 1. The van der Waals surface area contributed by atoms with Crippen molar-refractivity contribution in [2.45, 2.75) is 11.8 Å². The molecular weight excluding hydrogens is 315 g/mol. The Labute approximate surface area is 137 Å². The van der Waals surface area contributed by atoms with E-state index in [4.69, 9.17) is 9.15 Å². The molecule has 3 aromatic rings. The summed E-state index contributed by atoms with van der Waals surface area (Å²) >= 11 is 1.59. The molecule has 0 bridgehead atoms. The van der Waals surface area contributed by atoms with Gasteiger partial charge < -0.3 is 9.15 Å². The summed E-state index contributed by atoms with van der Waals surface area (Å²) in [5.41, 5.74) is 1.05. The molecule has 118 valence electrons. The van der Waals surface area contributed by atoms with E-state index >= 15 is 0 Å². The molecule has 23 heavy (non-hydrogen) atoms. The van der Waals surface area contributed by atoms with Crippen LogP contribution in [0, 0.1) is 12.7 Å². The first-order chi connectivity index (χ1) is 11.1. The predicted molar refractivity (Wildman–Crippen MR) is 89.8 cm³/mol. The molecule has 3 nitrogen and oxygen atoms in total. The number of hydrogen-bond donors (Lipinski definition) is 0. The van der Waals surface area contributed by atoms with E-state index in [1.54, 1.807) is 30.0 Å². The summed E-state index contributed by atoms with van der Waals surface area (Å²) in [7, 11) is 0. The molecule has 0 spiro atoms. The highest BCUT2D eigenvalue weighted by molar-refractivity contribution is 7.99. The third kappa shape index (κ3) is 3.93. The van der Waals surface area contributed by atoms with Crippen molar-refractivity contribution >= 4 is 22.7 Å². The number of hydrogen-bond acceptors (Lipinski definition) is 4. The van der Waals surface area contributed by atoms with Gasteiger partial charge >= 0.3 is 5.63 Å². The lowest BCUT2D eigenvalue weighted by Gasteiger charge is -2.07. The number of benzene rings is 2. The summed E-state index contributed by atoms with van der Waals surface area (Å²) in [6.45, 7) is 2.38. The van der Waals surface area contributed by atoms with E-state index in [0.717, 1.165) is 21.6 Å². The van der Waals surface area contributed by atoms with Crippen molar-refractivity contribution < 1.29 is 13.5 Å². The first-order valence-corrected chi connectivity index (χ1v) is 8.16. The molecule has 0 N–H and O–H groups in total. The second-order valence-corrected chi connectivity index (χ2v) is 6.23. The zero-order valence-corrected chi connectivity index (χ0v) is 13.4. The molecule has 0 amide bonds. The van der Waals surface area contributed by atoms with E-state index in [9.17, 15) is 9.18 Å². The maximum atomic E-state index is 12.8. The van der Waals surface area contributed by atoms with Gasteiger partial charge in [0, 0.05) is 28.2 Å². The normalized spacial score (nSPS) is 10.9. The van der Waals surface area contributed by atoms with Crippen LogP contribution in [0.3, 0.4) is 0 Å². The molecule has 0 saturated carbocycles. The highest BCUT2D eigenvalue weighted by Crippen LogP contribution is 2.23. The minimum atomic E-state index is -0.362. The average molecular weight is 330 g/mol. The van der Waals surface area contributed by atoms with E-state index in [-0.39, 0.29) is 11.4 Å². The summed E-state index contributed by atoms with van der Waals surface area (Å²) in [5.74, 6) is 1.16. The van der Waals surface area contributed by atoms with E-state index in [1.165, 1.54) is 18.2 Å². The summed E-state index contributed by atoms with van der Waals surface area (Å²) in [6.07, 6.45) is 0. The van der Waals surface area contributed by atoms with E-state index in [1.807, 2.05) is 19.1 Å². The summed E-state index contributed by atoms with van der Waals surface area (Å²) in [4.78, 5) is 12.4. The molecule has 0 fully saturated rings. The fourth-order valence-corrected chi connectivity index (χ4v) is 2.98. The van der Waals surface area contributed by atoms with Gasteiger partial charge in [0.15, 0.2) is 0 Å². The van der Waals surface area contributed by atoms with Crippen molar-refractivity contribution in [1.29, 1.82) is 0 Å². The Morgan fingerprint density at radius 2 is 1.91 bits per heavy atom. The molecular formula is C18H15FO3S. The van der Waals surface area contributed by atoms with Crippen LogP contribution < -0.4 is 10.4 Å². The van der Waals surface area contributed by atoms with Gasteiger partial charge in [-0.1, -0.05) is 0 Å². The number of fused-ring (bicyclic) bond motifs is 1. The Balaban J connectivity index is 1.61. The minimum Gasteiger partial charge on any atom is -0.493 e. The first-order valence-electron chi connectivity index (χ1n) is 7.17. The lowest BCUT2D eigenvalue weighted by molar-refractivity contribution is 0.343. The Morgan fingerprint density at radius 1 is 1.13 bits per heavy atom. The minimum absolute atomic E-state index is 0.237. The van der Waals surface area contributed by atoms with Crippen molar-refractivity contribution in [3.05, 3.63) is 70.3 Å². The summed E-state index contributed by atoms with van der Waals surface area (Å²) < 4.78 is 23.7. The topological polar surface area (TPSA) is 39.4 Å². The predicted octanol–water partition coefficient (Wildman–Crippen LogP) is 4.41. The van der Waals surface area contributed by atoms with E-state index in [0.29, 0.717) is 17.9 Å². The van der Waals surface area contributed by atoms with Crippen LogP contribution in [0.5, 0.6) is 5.75 Å². The average Bonchev–Trinajstić information content (AvgIpc) is 2.53. The van der Waals surface area contributed by atoms with Gasteiger partial charge in [-0.2, -0.15) is 0 Å². The fourth-order valence-electron chi connectivity index (χ4n) is 2.24. The number of rotatable bonds is 5. The molecule has 1 heterocycles. The van der Waals surface area contributed by atoms with Crippen LogP contribution in [0.4, 0.5) is 4.39 Å². The lowest BCUT2D eigenvalue weighted by Crippen LogP contribution is -2.01. The zero-order valence-electron chi connectivity index (χ0n) is 12.5. The van der Waals surface area contributed by atoms with Gasteiger partial charge in [-0.25, -0.2) is 9.18 Å². The van der Waals surface area contributed by atoms with Crippen LogP contribution in [0.15, 0.2) is 62.6 Å². The van der Waals surface area contributed by atoms with Gasteiger partial charge in [0.2, 0.25) is 0 Å². The number of ether oxygens (including phenoxy) is 1. The summed E-state index contributed by atoms with van der Waals surface area (Å²) in [5, 5.41) is 0.901. The highest BCUT2D eigenvalue weighted by Gasteiger charge is 2.04. The molecule has 2 aromatic carbocycles. The molecule has 1 aromatic heterocycles. The SMILES string of the molecule is Cc1cc(=O)oc2cc(OCCSc3ccc(F)cc3)ccc12. The smallest absolute Gasteiger partial charge is 0.336 e. The fraction of sp³-hybridized carbons (Fsp3) is 0.167. The molecule has 0 aliphatic heterocycles. The van der Waals surface area contributed by atoms with Crippen molar-refractivity contribution in [3.63, 3.8) is 0 Å². The third-order valence-electron chi connectivity index (χ3n) is 3.36. The number of thioether (sulfide) groups is 1.